The van der Waals surface area contributed by atoms with Crippen LogP contribution >= 0.6 is 11.8 Å². The first-order valence-electron chi connectivity index (χ1n) is 2.02. The zero-order valence-corrected chi connectivity index (χ0v) is 5.40. The molecule has 0 heterocycles. The van der Waals surface area contributed by atoms with E-state index in [1.807, 2.05) is 17.7 Å². The van der Waals surface area contributed by atoms with Gasteiger partial charge in [-0.25, -0.2) is 0 Å². The molecule has 0 saturated heterocycles. The monoisotopic (exact) mass is 115 g/mol. The van der Waals surface area contributed by atoms with Gasteiger partial charge >= 0.3 is 0 Å². The highest BCUT2D eigenvalue weighted by atomic mass is 32.2. The topological polar surface area (TPSA) is 12.4 Å². The molecule has 7 heavy (non-hydrogen) atoms. The minimum absolute atomic E-state index is 1.67. The van der Waals surface area contributed by atoms with Crippen molar-refractivity contribution in [2.45, 2.75) is 0 Å². The summed E-state index contributed by atoms with van der Waals surface area (Å²) < 4.78 is 0. The third-order valence-electron chi connectivity index (χ3n) is 0.450. The summed E-state index contributed by atoms with van der Waals surface area (Å²) in [5.74, 6) is 0. The summed E-state index contributed by atoms with van der Waals surface area (Å²) in [7, 11) is 1.75. The van der Waals surface area contributed by atoms with Gasteiger partial charge in [0.1, 0.15) is 0 Å². The third-order valence-corrected chi connectivity index (χ3v) is 0.879. The molecule has 0 atom stereocenters. The van der Waals surface area contributed by atoms with Crippen molar-refractivity contribution >= 4 is 18.0 Å². The molecule has 0 aliphatic rings. The highest BCUT2D eigenvalue weighted by molar-refractivity contribution is 8.01. The lowest BCUT2D eigenvalue weighted by Gasteiger charge is -1.70. The van der Waals surface area contributed by atoms with Crippen LogP contribution in [0.1, 0.15) is 0 Å². The molecule has 1 nitrogen and oxygen atoms in total. The van der Waals surface area contributed by atoms with E-state index in [0.29, 0.717) is 0 Å². The molecular weight excluding hydrogens is 106 g/mol. The molecule has 0 aromatic heterocycles. The first kappa shape index (κ1) is 6.76. The van der Waals surface area contributed by atoms with Crippen LogP contribution in [0.5, 0.6) is 0 Å². The molecule has 2 heteroatoms. The lowest BCUT2D eigenvalue weighted by Crippen LogP contribution is -1.57. The Morgan fingerprint density at radius 1 is 1.57 bits per heavy atom. The molecule has 0 radical (unpaired) electrons. The largest absolute Gasteiger partial charge is 0.296 e. The summed E-state index contributed by atoms with van der Waals surface area (Å²) in [6.07, 6.45) is 5.68. The number of hydrogen-bond acceptors (Lipinski definition) is 2. The fraction of sp³-hybridized carbons (Fsp3) is 0.400. The van der Waals surface area contributed by atoms with E-state index in [0.717, 1.165) is 0 Å². The van der Waals surface area contributed by atoms with Gasteiger partial charge < -0.3 is 0 Å². The van der Waals surface area contributed by atoms with E-state index < -0.39 is 0 Å². The summed E-state index contributed by atoms with van der Waals surface area (Å²) in [5.41, 5.74) is 0. The molecule has 0 unspecified atom stereocenters. The molecule has 0 bridgehead atoms. The predicted octanol–water partition coefficient (Wildman–Crippen LogP) is 1.56. The maximum Gasteiger partial charge on any atom is 0.0277 e. The van der Waals surface area contributed by atoms with Crippen LogP contribution in [0.3, 0.4) is 0 Å². The Morgan fingerprint density at radius 2 is 2.29 bits per heavy atom. The van der Waals surface area contributed by atoms with Gasteiger partial charge in [-0.15, -0.1) is 11.8 Å². The second-order valence-electron chi connectivity index (χ2n) is 0.972. The quantitative estimate of drug-likeness (QED) is 0.497. The van der Waals surface area contributed by atoms with E-state index in [4.69, 9.17) is 0 Å². The van der Waals surface area contributed by atoms with Crippen molar-refractivity contribution in [3.8, 4) is 0 Å². The Morgan fingerprint density at radius 3 is 2.71 bits per heavy atom. The van der Waals surface area contributed by atoms with E-state index in [9.17, 15) is 0 Å². The Bertz CT molecular complexity index is 76.1. The van der Waals surface area contributed by atoms with Crippen molar-refractivity contribution in [1.82, 2.24) is 0 Å². The van der Waals surface area contributed by atoms with Gasteiger partial charge in [-0.05, 0) is 17.7 Å². The Balaban J connectivity index is 3.09. The van der Waals surface area contributed by atoms with E-state index in [1.54, 1.807) is 25.0 Å². The van der Waals surface area contributed by atoms with Crippen LogP contribution in [0.15, 0.2) is 16.5 Å². The maximum absolute atomic E-state index is 3.75. The number of thioether (sulfide) groups is 1. The van der Waals surface area contributed by atoms with Crippen LogP contribution in [0.4, 0.5) is 0 Å². The van der Waals surface area contributed by atoms with Crippen molar-refractivity contribution in [2.24, 2.45) is 4.99 Å². The zero-order valence-electron chi connectivity index (χ0n) is 4.59. The van der Waals surface area contributed by atoms with Gasteiger partial charge in [0.05, 0.1) is 0 Å². The molecule has 0 rings (SSSR count). The molecule has 0 aromatic carbocycles. The molecular formula is C5H9NS. The average Bonchev–Trinajstić information content (AvgIpc) is 1.69. The molecule has 0 saturated carbocycles. The van der Waals surface area contributed by atoms with Crippen molar-refractivity contribution in [3.05, 3.63) is 11.5 Å². The first-order chi connectivity index (χ1) is 3.41. The van der Waals surface area contributed by atoms with Crippen LogP contribution < -0.4 is 0 Å². The van der Waals surface area contributed by atoms with Crippen molar-refractivity contribution in [2.75, 3.05) is 13.3 Å². The van der Waals surface area contributed by atoms with Gasteiger partial charge in [-0.2, -0.15) is 0 Å². The number of allylic oxidation sites excluding steroid dienone is 1. The average molecular weight is 115 g/mol. The van der Waals surface area contributed by atoms with E-state index in [-0.39, 0.29) is 0 Å². The number of nitrogens with zero attached hydrogens (tertiary/aromatic N) is 1. The second-order valence-corrected chi connectivity index (χ2v) is 1.72. The summed E-state index contributed by atoms with van der Waals surface area (Å²) >= 11 is 1.67. The van der Waals surface area contributed by atoms with E-state index in [2.05, 4.69) is 4.99 Å². The molecule has 0 aliphatic carbocycles. The summed E-state index contributed by atoms with van der Waals surface area (Å²) in [6, 6.07) is 0. The molecule has 0 aromatic rings. The lowest BCUT2D eigenvalue weighted by molar-refractivity contribution is 1.48. The number of aliphatic imine (C=N–C) groups is 1. The van der Waals surface area contributed by atoms with Gasteiger partial charge in [0.2, 0.25) is 0 Å². The van der Waals surface area contributed by atoms with Gasteiger partial charge in [-0.3, -0.25) is 4.99 Å². The maximum atomic E-state index is 3.75. The Hall–Kier alpha value is -0.240. The number of hydrogen-bond donors (Lipinski definition) is 0. The molecule has 0 spiro atoms. The summed E-state index contributed by atoms with van der Waals surface area (Å²) in [5, 5.41) is 1.98. The van der Waals surface area contributed by atoms with Crippen molar-refractivity contribution in [1.29, 1.82) is 0 Å². The minimum Gasteiger partial charge on any atom is -0.296 e. The number of rotatable bonds is 2. The third kappa shape index (κ3) is 5.76. The van der Waals surface area contributed by atoms with Gasteiger partial charge in [0.25, 0.3) is 0 Å². The Labute approximate surface area is 48.5 Å². The minimum atomic E-state index is 1.67. The normalized spacial score (nSPS) is 11.7. The van der Waals surface area contributed by atoms with Gasteiger partial charge in [0.15, 0.2) is 0 Å². The van der Waals surface area contributed by atoms with Crippen molar-refractivity contribution < 1.29 is 0 Å². The van der Waals surface area contributed by atoms with Crippen molar-refractivity contribution in [3.63, 3.8) is 0 Å². The molecule has 0 fully saturated rings. The van der Waals surface area contributed by atoms with Crippen LogP contribution in [0.25, 0.3) is 0 Å². The van der Waals surface area contributed by atoms with Crippen LogP contribution in [0, 0.1) is 0 Å². The predicted molar refractivity (Wildman–Crippen MR) is 37.1 cm³/mol. The lowest BCUT2D eigenvalue weighted by atomic mass is 10.7. The smallest absolute Gasteiger partial charge is 0.0277 e. The summed E-state index contributed by atoms with van der Waals surface area (Å²) in [4.78, 5) is 3.75. The van der Waals surface area contributed by atoms with Crippen LogP contribution in [-0.2, 0) is 0 Å². The SMILES string of the molecule is C/N=C/C=C\SC. The van der Waals surface area contributed by atoms with Crippen LogP contribution in [-0.4, -0.2) is 19.5 Å². The second kappa shape index (κ2) is 5.76. The van der Waals surface area contributed by atoms with Gasteiger partial charge in [-0.1, -0.05) is 0 Å². The highest BCUT2D eigenvalue weighted by Crippen LogP contribution is 1.89. The zero-order chi connectivity index (χ0) is 5.54. The van der Waals surface area contributed by atoms with Gasteiger partial charge in [0, 0.05) is 13.3 Å². The highest BCUT2D eigenvalue weighted by Gasteiger charge is 1.58. The standard InChI is InChI=1S/C5H9NS/c1-6-4-3-5-7-2/h3-5H,1-2H3/b5-3-,6-4+. The molecule has 40 valence electrons. The van der Waals surface area contributed by atoms with E-state index in [1.165, 1.54) is 0 Å². The molecule has 0 N–H and O–H groups in total. The fourth-order valence-electron chi connectivity index (χ4n) is 0.200. The molecule has 0 amide bonds. The van der Waals surface area contributed by atoms with Crippen LogP contribution in [0.2, 0.25) is 0 Å². The fourth-order valence-corrected chi connectivity index (χ4v) is 0.427. The van der Waals surface area contributed by atoms with E-state index >= 15 is 0 Å². The first-order valence-corrected chi connectivity index (χ1v) is 3.30. The summed E-state index contributed by atoms with van der Waals surface area (Å²) in [6.45, 7) is 0. The molecule has 0 aliphatic heterocycles. The Kier molecular flexibility index (Phi) is 5.56.